The van der Waals surface area contributed by atoms with Crippen molar-refractivity contribution in [1.82, 2.24) is 14.7 Å². The molecule has 3 heterocycles. The number of amides is 1. The van der Waals surface area contributed by atoms with E-state index in [2.05, 4.69) is 51.3 Å². The Balaban J connectivity index is 1.06. The maximum absolute atomic E-state index is 15.1. The van der Waals surface area contributed by atoms with E-state index < -0.39 is 0 Å². The fourth-order valence-electron chi connectivity index (χ4n) is 7.12. The van der Waals surface area contributed by atoms with Gasteiger partial charge in [-0.1, -0.05) is 31.1 Å². The van der Waals surface area contributed by atoms with E-state index in [1.54, 1.807) is 12.1 Å². The van der Waals surface area contributed by atoms with Crippen molar-refractivity contribution in [3.63, 3.8) is 0 Å². The summed E-state index contributed by atoms with van der Waals surface area (Å²) in [5.41, 5.74) is 3.23. The Morgan fingerprint density at radius 2 is 1.75 bits per heavy atom. The number of ether oxygens (including phenoxy) is 1. The molecule has 3 aliphatic heterocycles. The lowest BCUT2D eigenvalue weighted by Gasteiger charge is -2.41. The summed E-state index contributed by atoms with van der Waals surface area (Å²) in [5.74, 6) is 1.37. The summed E-state index contributed by atoms with van der Waals surface area (Å²) in [5, 5.41) is 0. The standard InChI is InChI=1S/C36H52FN5O2/c1-4-27(2)25-39-36(38-3)42-20-14-28(15-21-42)26-44-34-13-12-31(24-33(34)37)29-8-10-30(11-9-29)35(43)41-22-16-32(17-23-41)40-18-6-5-7-19-40/h8,12-13,24-25,28,30,32H,3-7,9-11,14-23,26H2,1-2H3/b27-25+,39-36?. The number of benzene rings is 1. The number of hydrogen-bond donors (Lipinski definition) is 0. The molecule has 1 atom stereocenters. The van der Waals surface area contributed by atoms with Gasteiger partial charge in [-0.25, -0.2) is 14.4 Å². The number of aliphatic imine (C=N–C) groups is 2. The fourth-order valence-corrected chi connectivity index (χ4v) is 7.12. The van der Waals surface area contributed by atoms with Crippen molar-refractivity contribution in [2.24, 2.45) is 21.8 Å². The van der Waals surface area contributed by atoms with E-state index >= 15 is 4.39 Å². The summed E-state index contributed by atoms with van der Waals surface area (Å²) < 4.78 is 21.1. The van der Waals surface area contributed by atoms with Gasteiger partial charge in [-0.2, -0.15) is 0 Å². The largest absolute Gasteiger partial charge is 0.490 e. The van der Waals surface area contributed by atoms with Gasteiger partial charge in [0, 0.05) is 44.3 Å². The van der Waals surface area contributed by atoms with Crippen LogP contribution in [-0.2, 0) is 4.79 Å². The van der Waals surface area contributed by atoms with Gasteiger partial charge in [0.1, 0.15) is 0 Å². The molecule has 3 fully saturated rings. The molecule has 1 aromatic carbocycles. The van der Waals surface area contributed by atoms with Crippen LogP contribution in [0.15, 0.2) is 46.0 Å². The first kappa shape index (κ1) is 32.4. The van der Waals surface area contributed by atoms with Crippen molar-refractivity contribution in [3.05, 3.63) is 47.4 Å². The number of guanidine groups is 1. The van der Waals surface area contributed by atoms with Crippen molar-refractivity contribution < 1.29 is 13.9 Å². The highest BCUT2D eigenvalue weighted by Gasteiger charge is 2.32. The number of nitrogens with zero attached hydrogens (tertiary/aromatic N) is 5. The third kappa shape index (κ3) is 8.38. The topological polar surface area (TPSA) is 60.7 Å². The molecule has 0 saturated carbocycles. The second-order valence-electron chi connectivity index (χ2n) is 13.2. The molecule has 5 rings (SSSR count). The lowest BCUT2D eigenvalue weighted by atomic mass is 9.85. The average molecular weight is 606 g/mol. The van der Waals surface area contributed by atoms with Gasteiger partial charge >= 0.3 is 0 Å². The number of allylic oxidation sites excluding steroid dienone is 3. The monoisotopic (exact) mass is 605 g/mol. The molecular weight excluding hydrogens is 553 g/mol. The van der Waals surface area contributed by atoms with Crippen LogP contribution in [0.25, 0.3) is 5.57 Å². The minimum atomic E-state index is -0.320. The van der Waals surface area contributed by atoms with Crippen LogP contribution in [0.1, 0.15) is 90.0 Å². The predicted octanol–water partition coefficient (Wildman–Crippen LogP) is 6.95. The van der Waals surface area contributed by atoms with Crippen LogP contribution in [0.3, 0.4) is 0 Å². The molecule has 7 nitrogen and oxygen atoms in total. The van der Waals surface area contributed by atoms with E-state index in [9.17, 15) is 4.79 Å². The summed E-state index contributed by atoms with van der Waals surface area (Å²) in [7, 11) is 0. The first-order valence-electron chi connectivity index (χ1n) is 17.0. The van der Waals surface area contributed by atoms with Crippen LogP contribution in [0.4, 0.5) is 4.39 Å². The summed E-state index contributed by atoms with van der Waals surface area (Å²) in [6, 6.07) is 5.98. The molecule has 0 spiro atoms. The highest BCUT2D eigenvalue weighted by Crippen LogP contribution is 2.34. The van der Waals surface area contributed by atoms with E-state index in [-0.39, 0.29) is 11.7 Å². The minimum Gasteiger partial charge on any atom is -0.490 e. The Hall–Kier alpha value is -3.00. The van der Waals surface area contributed by atoms with Crippen LogP contribution < -0.4 is 4.74 Å². The molecule has 1 unspecified atom stereocenters. The Bertz CT molecular complexity index is 1220. The van der Waals surface area contributed by atoms with Crippen molar-refractivity contribution in [2.45, 2.75) is 90.5 Å². The molecule has 4 aliphatic rings. The molecule has 0 N–H and O–H groups in total. The minimum absolute atomic E-state index is 0.0469. The zero-order valence-electron chi connectivity index (χ0n) is 27.0. The summed E-state index contributed by atoms with van der Waals surface area (Å²) >= 11 is 0. The summed E-state index contributed by atoms with van der Waals surface area (Å²) in [6.07, 6.45) is 15.4. The van der Waals surface area contributed by atoms with Crippen LogP contribution in [-0.4, -0.2) is 85.2 Å². The Morgan fingerprint density at radius 1 is 1.02 bits per heavy atom. The van der Waals surface area contributed by atoms with Crippen molar-refractivity contribution in [2.75, 3.05) is 45.9 Å². The van der Waals surface area contributed by atoms with Crippen LogP contribution in [0.2, 0.25) is 0 Å². The van der Waals surface area contributed by atoms with Gasteiger partial charge in [0.05, 0.1) is 6.61 Å². The normalized spacial score (nSPS) is 23.4. The molecule has 0 bridgehead atoms. The molecule has 3 saturated heterocycles. The molecule has 8 heteroatoms. The highest BCUT2D eigenvalue weighted by atomic mass is 19.1. The fraction of sp³-hybridized carbons (Fsp3) is 0.639. The maximum atomic E-state index is 15.1. The molecule has 1 aromatic rings. The Kier molecular flexibility index (Phi) is 11.7. The SMILES string of the molecule is C=NC(=N/C=C(\C)CC)N1CCC(COc2ccc(C3=CCC(C(=O)N4CCC(N5CCCCC5)CC4)CC3)cc2F)CC1. The second-order valence-corrected chi connectivity index (χ2v) is 13.2. The number of rotatable bonds is 8. The Labute approximate surface area is 263 Å². The lowest BCUT2D eigenvalue weighted by molar-refractivity contribution is -0.137. The van der Waals surface area contributed by atoms with Gasteiger partial charge in [0.25, 0.3) is 0 Å². The van der Waals surface area contributed by atoms with E-state index in [1.165, 1.54) is 37.9 Å². The number of carbonyl (C=O) groups is 1. The van der Waals surface area contributed by atoms with Gasteiger partial charge in [0.2, 0.25) is 11.9 Å². The van der Waals surface area contributed by atoms with Gasteiger partial charge in [0.15, 0.2) is 11.6 Å². The highest BCUT2D eigenvalue weighted by molar-refractivity contribution is 5.84. The van der Waals surface area contributed by atoms with Gasteiger partial charge in [-0.3, -0.25) is 4.79 Å². The van der Waals surface area contributed by atoms with Crippen LogP contribution >= 0.6 is 0 Å². The average Bonchev–Trinajstić information content (AvgIpc) is 3.08. The number of halogens is 1. The third-order valence-electron chi connectivity index (χ3n) is 10.2. The predicted molar refractivity (Wildman–Crippen MR) is 178 cm³/mol. The smallest absolute Gasteiger partial charge is 0.226 e. The summed E-state index contributed by atoms with van der Waals surface area (Å²) in [4.78, 5) is 28.9. The number of likely N-dealkylation sites (tertiary alicyclic amines) is 3. The first-order chi connectivity index (χ1) is 21.4. The number of hydrogen-bond acceptors (Lipinski definition) is 4. The maximum Gasteiger partial charge on any atom is 0.226 e. The molecule has 1 aliphatic carbocycles. The number of piperidine rings is 3. The molecule has 44 heavy (non-hydrogen) atoms. The molecular formula is C36H52FN5O2. The molecule has 1 amide bonds. The third-order valence-corrected chi connectivity index (χ3v) is 10.2. The molecule has 0 aromatic heterocycles. The quantitative estimate of drug-likeness (QED) is 0.238. The van der Waals surface area contributed by atoms with Gasteiger partial charge in [-0.05, 0) is 120 Å². The lowest BCUT2D eigenvalue weighted by Crippen LogP contribution is -2.49. The van der Waals surface area contributed by atoms with Gasteiger partial charge in [-0.15, -0.1) is 0 Å². The summed E-state index contributed by atoms with van der Waals surface area (Å²) in [6.45, 7) is 14.2. The second kappa shape index (κ2) is 15.8. The van der Waals surface area contributed by atoms with Crippen molar-refractivity contribution in [1.29, 1.82) is 0 Å². The van der Waals surface area contributed by atoms with E-state index in [4.69, 9.17) is 4.74 Å². The zero-order chi connectivity index (χ0) is 30.9. The van der Waals surface area contributed by atoms with Crippen molar-refractivity contribution >= 4 is 24.2 Å². The van der Waals surface area contributed by atoms with Crippen LogP contribution in [0, 0.1) is 17.7 Å². The molecule has 240 valence electrons. The van der Waals surface area contributed by atoms with E-state index in [0.29, 0.717) is 36.2 Å². The van der Waals surface area contributed by atoms with E-state index in [1.807, 2.05) is 12.3 Å². The molecule has 0 radical (unpaired) electrons. The Morgan fingerprint density at radius 3 is 2.39 bits per heavy atom. The van der Waals surface area contributed by atoms with Crippen LogP contribution in [0.5, 0.6) is 5.75 Å². The van der Waals surface area contributed by atoms with Crippen molar-refractivity contribution in [3.8, 4) is 5.75 Å². The van der Waals surface area contributed by atoms with E-state index in [0.717, 1.165) is 88.7 Å². The zero-order valence-corrected chi connectivity index (χ0v) is 27.0. The number of carbonyl (C=O) groups excluding carboxylic acids is 1. The first-order valence-corrected chi connectivity index (χ1v) is 17.0. The van der Waals surface area contributed by atoms with Gasteiger partial charge < -0.3 is 19.4 Å².